The lowest BCUT2D eigenvalue weighted by atomic mass is 10.1. The zero-order chi connectivity index (χ0) is 21.7. The lowest BCUT2D eigenvalue weighted by Crippen LogP contribution is -2.45. The number of hydrogen-bond donors (Lipinski definition) is 1. The number of nitrogens with zero attached hydrogens (tertiary/aromatic N) is 2. The molecule has 5 nitrogen and oxygen atoms in total. The minimum atomic E-state index is -0.289. The second-order valence-electron chi connectivity index (χ2n) is 7.45. The molecular formula is C25H29N3O2. The predicted octanol–water partition coefficient (Wildman–Crippen LogP) is 4.07. The van der Waals surface area contributed by atoms with E-state index in [1.165, 1.54) is 0 Å². The first-order chi connectivity index (χ1) is 14.5. The molecule has 1 N–H and O–H groups in total. The molecule has 3 aromatic carbocycles. The van der Waals surface area contributed by atoms with E-state index in [1.54, 1.807) is 7.05 Å². The summed E-state index contributed by atoms with van der Waals surface area (Å²) in [6.07, 6.45) is 0. The number of carbonyl (C=O) groups excluding carboxylic acids is 2. The zero-order valence-electron chi connectivity index (χ0n) is 18.1. The summed E-state index contributed by atoms with van der Waals surface area (Å²) in [6.45, 7) is 5.17. The van der Waals surface area contributed by atoms with Gasteiger partial charge in [0.1, 0.15) is 0 Å². The Bertz CT molecular complexity index is 1020. The fourth-order valence-corrected chi connectivity index (χ4v) is 3.63. The van der Waals surface area contributed by atoms with Crippen LogP contribution in [0, 0.1) is 0 Å². The van der Waals surface area contributed by atoms with Gasteiger partial charge in [-0.15, -0.1) is 0 Å². The molecule has 0 spiro atoms. The van der Waals surface area contributed by atoms with Crippen LogP contribution in [0.1, 0.15) is 29.8 Å². The van der Waals surface area contributed by atoms with Gasteiger partial charge in [0.25, 0.3) is 5.91 Å². The van der Waals surface area contributed by atoms with Gasteiger partial charge in [-0.3, -0.25) is 14.5 Å². The summed E-state index contributed by atoms with van der Waals surface area (Å²) in [7, 11) is 3.57. The second-order valence-corrected chi connectivity index (χ2v) is 7.45. The van der Waals surface area contributed by atoms with Gasteiger partial charge in [-0.1, -0.05) is 48.5 Å². The van der Waals surface area contributed by atoms with Gasteiger partial charge in [0.05, 0.1) is 11.7 Å². The molecule has 0 bridgehead atoms. The molecule has 1 atom stereocenters. The summed E-state index contributed by atoms with van der Waals surface area (Å²) < 4.78 is 0. The smallest absolute Gasteiger partial charge is 0.251 e. The van der Waals surface area contributed by atoms with Gasteiger partial charge in [-0.05, 0) is 50.0 Å². The predicted molar refractivity (Wildman–Crippen MR) is 123 cm³/mol. The van der Waals surface area contributed by atoms with Crippen LogP contribution in [0.4, 0.5) is 5.69 Å². The number of carbonyl (C=O) groups is 2. The number of anilines is 1. The van der Waals surface area contributed by atoms with Gasteiger partial charge >= 0.3 is 0 Å². The van der Waals surface area contributed by atoms with Crippen molar-refractivity contribution in [3.63, 3.8) is 0 Å². The van der Waals surface area contributed by atoms with Crippen molar-refractivity contribution in [1.29, 1.82) is 0 Å². The molecule has 156 valence electrons. The summed E-state index contributed by atoms with van der Waals surface area (Å²) in [5.74, 6) is -0.0366. The molecule has 0 heterocycles. The van der Waals surface area contributed by atoms with Gasteiger partial charge in [0.15, 0.2) is 0 Å². The van der Waals surface area contributed by atoms with Crippen molar-refractivity contribution in [2.75, 3.05) is 25.5 Å². The highest BCUT2D eigenvalue weighted by atomic mass is 16.2. The number of amides is 2. The van der Waals surface area contributed by atoms with Crippen LogP contribution in [0.25, 0.3) is 10.8 Å². The van der Waals surface area contributed by atoms with Crippen molar-refractivity contribution < 1.29 is 9.59 Å². The van der Waals surface area contributed by atoms with Crippen LogP contribution < -0.4 is 10.2 Å². The molecule has 0 aliphatic rings. The van der Waals surface area contributed by atoms with E-state index in [1.807, 2.05) is 79.2 Å². The molecule has 0 aliphatic heterocycles. The monoisotopic (exact) mass is 403 g/mol. The van der Waals surface area contributed by atoms with Gasteiger partial charge in [0.2, 0.25) is 5.91 Å². The minimum absolute atomic E-state index is 0.0679. The highest BCUT2D eigenvalue weighted by Crippen LogP contribution is 2.27. The van der Waals surface area contributed by atoms with Crippen molar-refractivity contribution in [2.45, 2.75) is 26.4 Å². The average Bonchev–Trinajstić information content (AvgIpc) is 2.79. The first-order valence-electron chi connectivity index (χ1n) is 10.3. The Balaban J connectivity index is 1.76. The minimum Gasteiger partial charge on any atom is -0.355 e. The van der Waals surface area contributed by atoms with Crippen molar-refractivity contribution >= 4 is 28.3 Å². The lowest BCUT2D eigenvalue weighted by Gasteiger charge is -2.30. The molecule has 0 saturated carbocycles. The normalized spacial score (nSPS) is 12.0. The Morgan fingerprint density at radius 2 is 1.63 bits per heavy atom. The Labute approximate surface area is 178 Å². The number of nitrogens with one attached hydrogen (secondary N) is 1. The highest BCUT2D eigenvalue weighted by Gasteiger charge is 2.25. The molecule has 0 saturated heterocycles. The molecule has 3 rings (SSSR count). The summed E-state index contributed by atoms with van der Waals surface area (Å²) in [5.41, 5.74) is 2.62. The quantitative estimate of drug-likeness (QED) is 0.647. The first-order valence-corrected chi connectivity index (χ1v) is 10.3. The van der Waals surface area contributed by atoms with E-state index in [2.05, 4.69) is 23.5 Å². The number of fused-ring (bicyclic) bond motifs is 1. The Hall–Kier alpha value is -3.18. The van der Waals surface area contributed by atoms with Crippen molar-refractivity contribution in [2.24, 2.45) is 0 Å². The van der Waals surface area contributed by atoms with E-state index in [-0.39, 0.29) is 17.9 Å². The molecule has 0 aromatic heterocycles. The molecular weight excluding hydrogens is 374 g/mol. The SMILES string of the molecule is CCN(C(=O)[C@@H](C)N(C)Cc1ccc(C(=O)NC)cc1)c1cccc2ccccc12. The van der Waals surface area contributed by atoms with E-state index in [9.17, 15) is 9.59 Å². The van der Waals surface area contributed by atoms with E-state index in [4.69, 9.17) is 0 Å². The number of benzene rings is 3. The number of rotatable bonds is 7. The average molecular weight is 404 g/mol. The lowest BCUT2D eigenvalue weighted by molar-refractivity contribution is -0.122. The van der Waals surface area contributed by atoms with Crippen LogP contribution in [0.15, 0.2) is 66.7 Å². The van der Waals surface area contributed by atoms with Crippen LogP contribution >= 0.6 is 0 Å². The Morgan fingerprint density at radius 3 is 2.30 bits per heavy atom. The Morgan fingerprint density at radius 1 is 0.967 bits per heavy atom. The van der Waals surface area contributed by atoms with Gasteiger partial charge in [-0.25, -0.2) is 0 Å². The molecule has 0 unspecified atom stereocenters. The van der Waals surface area contributed by atoms with Gasteiger partial charge in [-0.2, -0.15) is 0 Å². The third kappa shape index (κ3) is 4.52. The zero-order valence-corrected chi connectivity index (χ0v) is 18.1. The summed E-state index contributed by atoms with van der Waals surface area (Å²) in [6, 6.07) is 21.4. The maximum Gasteiger partial charge on any atom is 0.251 e. The largest absolute Gasteiger partial charge is 0.355 e. The third-order valence-electron chi connectivity index (χ3n) is 5.53. The van der Waals surface area contributed by atoms with Crippen molar-refractivity contribution in [1.82, 2.24) is 10.2 Å². The molecule has 0 fully saturated rings. The van der Waals surface area contributed by atoms with E-state index < -0.39 is 0 Å². The van der Waals surface area contributed by atoms with E-state index >= 15 is 0 Å². The molecule has 0 radical (unpaired) electrons. The standard InChI is InChI=1S/C25H29N3O2/c1-5-28(23-12-8-10-20-9-6-7-11-22(20)23)25(30)18(2)27(4)17-19-13-15-21(16-14-19)24(29)26-3/h6-16,18H,5,17H2,1-4H3,(H,26,29)/t18-/m1/s1. The van der Waals surface area contributed by atoms with E-state index in [0.717, 1.165) is 22.0 Å². The summed E-state index contributed by atoms with van der Waals surface area (Å²) in [4.78, 5) is 29.0. The fourth-order valence-electron chi connectivity index (χ4n) is 3.63. The van der Waals surface area contributed by atoms with Crippen molar-refractivity contribution in [3.05, 3.63) is 77.9 Å². The first kappa shape index (κ1) is 21.5. The third-order valence-corrected chi connectivity index (χ3v) is 5.53. The maximum absolute atomic E-state index is 13.4. The van der Waals surface area contributed by atoms with Crippen LogP contribution in [0.5, 0.6) is 0 Å². The van der Waals surface area contributed by atoms with Crippen LogP contribution in [-0.4, -0.2) is 43.4 Å². The van der Waals surface area contributed by atoms with Crippen LogP contribution in [-0.2, 0) is 11.3 Å². The van der Waals surface area contributed by atoms with E-state index in [0.29, 0.717) is 18.7 Å². The van der Waals surface area contributed by atoms with Crippen LogP contribution in [0.3, 0.4) is 0 Å². The fraction of sp³-hybridized carbons (Fsp3) is 0.280. The molecule has 3 aromatic rings. The molecule has 30 heavy (non-hydrogen) atoms. The van der Waals surface area contributed by atoms with Gasteiger partial charge < -0.3 is 10.2 Å². The number of likely N-dealkylation sites (N-methyl/N-ethyl adjacent to an activating group) is 2. The Kier molecular flexibility index (Phi) is 6.85. The summed E-state index contributed by atoms with van der Waals surface area (Å²) >= 11 is 0. The molecule has 2 amide bonds. The van der Waals surface area contributed by atoms with Gasteiger partial charge in [0, 0.05) is 31.1 Å². The topological polar surface area (TPSA) is 52.7 Å². The molecule has 0 aliphatic carbocycles. The van der Waals surface area contributed by atoms with Crippen LogP contribution in [0.2, 0.25) is 0 Å². The van der Waals surface area contributed by atoms with Crippen molar-refractivity contribution in [3.8, 4) is 0 Å². The maximum atomic E-state index is 13.4. The summed E-state index contributed by atoms with van der Waals surface area (Å²) in [5, 5.41) is 4.82. The number of hydrogen-bond acceptors (Lipinski definition) is 3. The highest BCUT2D eigenvalue weighted by molar-refractivity contribution is 6.05. The molecule has 5 heteroatoms. The second kappa shape index (κ2) is 9.55.